The molecule has 0 saturated heterocycles. The van der Waals surface area contributed by atoms with Crippen LogP contribution in [0.5, 0.6) is 5.75 Å². The molecule has 92 valence electrons. The fourth-order valence-electron chi connectivity index (χ4n) is 1.58. The van der Waals surface area contributed by atoms with Crippen LogP contribution in [0.4, 0.5) is 11.4 Å². The Bertz CT molecular complexity index is 570. The summed E-state index contributed by atoms with van der Waals surface area (Å²) in [4.78, 5) is 17.5. The number of benzene rings is 1. The van der Waals surface area contributed by atoms with Crippen molar-refractivity contribution in [1.29, 1.82) is 0 Å². The van der Waals surface area contributed by atoms with Gasteiger partial charge in [0.05, 0.1) is 23.1 Å². The quantitative estimate of drug-likeness (QED) is 0.620. The summed E-state index contributed by atoms with van der Waals surface area (Å²) in [5.74, 6) is -0.536. The van der Waals surface area contributed by atoms with Gasteiger partial charge in [0.1, 0.15) is 0 Å². The monoisotopic (exact) mass is 243 g/mol. The number of anilines is 2. The molecule has 0 spiro atoms. The maximum absolute atomic E-state index is 12.2. The Morgan fingerprint density at radius 3 is 2.78 bits per heavy atom. The number of phenols is 1. The van der Waals surface area contributed by atoms with Gasteiger partial charge in [-0.3, -0.25) is 9.78 Å². The minimum Gasteiger partial charge on any atom is -0.505 e. The number of hydrogen-bond acceptors (Lipinski definition) is 4. The van der Waals surface area contributed by atoms with Gasteiger partial charge < -0.3 is 15.7 Å². The van der Waals surface area contributed by atoms with Crippen molar-refractivity contribution in [3.05, 3.63) is 48.3 Å². The first kappa shape index (κ1) is 11.9. The van der Waals surface area contributed by atoms with Gasteiger partial charge in [-0.1, -0.05) is 6.07 Å². The molecule has 1 heterocycles. The molecule has 0 unspecified atom stereocenters. The van der Waals surface area contributed by atoms with Crippen LogP contribution >= 0.6 is 0 Å². The van der Waals surface area contributed by atoms with Crippen molar-refractivity contribution in [1.82, 2.24) is 4.98 Å². The summed E-state index contributed by atoms with van der Waals surface area (Å²) < 4.78 is 0. The van der Waals surface area contributed by atoms with Crippen molar-refractivity contribution in [3.8, 4) is 5.75 Å². The van der Waals surface area contributed by atoms with Gasteiger partial charge in [-0.2, -0.15) is 0 Å². The van der Waals surface area contributed by atoms with E-state index in [-0.39, 0.29) is 22.9 Å². The molecule has 0 saturated carbocycles. The molecule has 5 heteroatoms. The van der Waals surface area contributed by atoms with E-state index in [9.17, 15) is 9.90 Å². The average molecular weight is 243 g/mol. The maximum atomic E-state index is 12.2. The molecular formula is C13H13N3O2. The number of aromatic hydroxyl groups is 1. The van der Waals surface area contributed by atoms with E-state index in [0.717, 1.165) is 0 Å². The molecule has 18 heavy (non-hydrogen) atoms. The predicted molar refractivity (Wildman–Crippen MR) is 69.5 cm³/mol. The first-order chi connectivity index (χ1) is 8.61. The highest BCUT2D eigenvalue weighted by Gasteiger charge is 2.18. The number of aromatic nitrogens is 1. The number of nitrogen functional groups attached to an aromatic ring is 1. The number of amides is 1. The topological polar surface area (TPSA) is 79.5 Å². The molecular weight excluding hydrogens is 230 g/mol. The third kappa shape index (κ3) is 2.10. The molecule has 1 aromatic carbocycles. The van der Waals surface area contributed by atoms with Crippen molar-refractivity contribution in [2.24, 2.45) is 0 Å². The second-order valence-electron chi connectivity index (χ2n) is 3.82. The molecule has 0 aliphatic carbocycles. The number of pyridine rings is 1. The Morgan fingerprint density at radius 2 is 2.11 bits per heavy atom. The first-order valence-corrected chi connectivity index (χ1v) is 5.37. The number of hydrogen-bond donors (Lipinski definition) is 2. The van der Waals surface area contributed by atoms with Crippen LogP contribution in [0.1, 0.15) is 10.4 Å². The molecule has 2 rings (SSSR count). The highest BCUT2D eigenvalue weighted by Crippen LogP contribution is 2.26. The average Bonchev–Trinajstić information content (AvgIpc) is 2.41. The maximum Gasteiger partial charge on any atom is 0.261 e. The lowest BCUT2D eigenvalue weighted by atomic mass is 10.1. The molecule has 0 bridgehead atoms. The first-order valence-electron chi connectivity index (χ1n) is 5.37. The molecule has 5 nitrogen and oxygen atoms in total. The van der Waals surface area contributed by atoms with Crippen LogP contribution in [-0.4, -0.2) is 23.0 Å². The highest BCUT2D eigenvalue weighted by atomic mass is 16.3. The van der Waals surface area contributed by atoms with Crippen LogP contribution in [0.15, 0.2) is 42.7 Å². The molecule has 0 fully saturated rings. The lowest BCUT2D eigenvalue weighted by Crippen LogP contribution is -2.26. The molecule has 0 radical (unpaired) electrons. The Morgan fingerprint density at radius 1 is 1.33 bits per heavy atom. The third-order valence-electron chi connectivity index (χ3n) is 2.64. The Hall–Kier alpha value is -2.56. The second-order valence-corrected chi connectivity index (χ2v) is 3.82. The summed E-state index contributed by atoms with van der Waals surface area (Å²) in [5.41, 5.74) is 6.56. The van der Waals surface area contributed by atoms with E-state index in [1.165, 1.54) is 17.0 Å². The van der Waals surface area contributed by atoms with Crippen molar-refractivity contribution < 1.29 is 9.90 Å². The van der Waals surface area contributed by atoms with Gasteiger partial charge in [0.25, 0.3) is 5.91 Å². The summed E-state index contributed by atoms with van der Waals surface area (Å²) in [6.45, 7) is 0. The largest absolute Gasteiger partial charge is 0.505 e. The van der Waals surface area contributed by atoms with Crippen LogP contribution in [0.2, 0.25) is 0 Å². The van der Waals surface area contributed by atoms with Crippen LogP contribution in [0.25, 0.3) is 0 Å². The molecule has 0 aliphatic rings. The molecule has 0 atom stereocenters. The minimum atomic E-state index is -0.340. The number of nitrogens with two attached hydrogens (primary N) is 1. The van der Waals surface area contributed by atoms with E-state index in [1.807, 2.05) is 0 Å². The van der Waals surface area contributed by atoms with E-state index in [2.05, 4.69) is 4.98 Å². The number of para-hydroxylation sites is 1. The number of phenolic OH excluding ortho intramolecular Hbond substituents is 1. The zero-order valence-electron chi connectivity index (χ0n) is 9.87. The summed E-state index contributed by atoms with van der Waals surface area (Å²) in [6, 6.07) is 8.18. The van der Waals surface area contributed by atoms with Gasteiger partial charge in [-0.25, -0.2) is 0 Å². The zero-order valence-corrected chi connectivity index (χ0v) is 9.87. The van der Waals surface area contributed by atoms with Gasteiger partial charge in [-0.05, 0) is 24.3 Å². The summed E-state index contributed by atoms with van der Waals surface area (Å²) in [5, 5.41) is 9.78. The lowest BCUT2D eigenvalue weighted by molar-refractivity contribution is 0.0990. The molecule has 0 aliphatic heterocycles. The number of carbonyl (C=O) groups is 1. The summed E-state index contributed by atoms with van der Waals surface area (Å²) in [6.07, 6.45) is 3.20. The highest BCUT2D eigenvalue weighted by molar-refractivity contribution is 6.08. The van der Waals surface area contributed by atoms with Crippen molar-refractivity contribution in [3.63, 3.8) is 0 Å². The van der Waals surface area contributed by atoms with E-state index in [1.54, 1.807) is 37.6 Å². The van der Waals surface area contributed by atoms with Crippen LogP contribution < -0.4 is 10.6 Å². The number of rotatable bonds is 2. The smallest absolute Gasteiger partial charge is 0.261 e. The van der Waals surface area contributed by atoms with Crippen molar-refractivity contribution in [2.75, 3.05) is 17.7 Å². The summed E-state index contributed by atoms with van der Waals surface area (Å²) in [7, 11) is 1.61. The third-order valence-corrected chi connectivity index (χ3v) is 2.64. The Kier molecular flexibility index (Phi) is 3.14. The van der Waals surface area contributed by atoms with E-state index < -0.39 is 0 Å². The molecule has 1 aromatic heterocycles. The van der Waals surface area contributed by atoms with E-state index >= 15 is 0 Å². The van der Waals surface area contributed by atoms with Crippen molar-refractivity contribution >= 4 is 17.3 Å². The standard InChI is InChI=1S/C13H13N3O2/c1-16(9-4-3-7-15-8-9)13(18)10-5-2-6-11(14)12(10)17/h2-8,17H,14H2,1H3. The molecule has 2 aromatic rings. The van der Waals surface area contributed by atoms with Crippen LogP contribution in [0, 0.1) is 0 Å². The van der Waals surface area contributed by atoms with Gasteiger partial charge in [0, 0.05) is 13.2 Å². The van der Waals surface area contributed by atoms with Gasteiger partial charge in [0.15, 0.2) is 5.75 Å². The SMILES string of the molecule is CN(C(=O)c1cccc(N)c1O)c1cccnc1. The van der Waals surface area contributed by atoms with Crippen molar-refractivity contribution in [2.45, 2.75) is 0 Å². The van der Waals surface area contributed by atoms with E-state index in [0.29, 0.717) is 5.69 Å². The molecule has 1 amide bonds. The number of carbonyl (C=O) groups excluding carboxylic acids is 1. The van der Waals surface area contributed by atoms with Crippen LogP contribution in [0.3, 0.4) is 0 Å². The Balaban J connectivity index is 2.35. The fraction of sp³-hybridized carbons (Fsp3) is 0.0769. The Labute approximate surface area is 104 Å². The normalized spacial score (nSPS) is 10.1. The second kappa shape index (κ2) is 4.75. The van der Waals surface area contributed by atoms with Crippen LogP contribution in [-0.2, 0) is 0 Å². The van der Waals surface area contributed by atoms with Gasteiger partial charge in [0.2, 0.25) is 0 Å². The van der Waals surface area contributed by atoms with Gasteiger partial charge >= 0.3 is 0 Å². The summed E-state index contributed by atoms with van der Waals surface area (Å²) >= 11 is 0. The van der Waals surface area contributed by atoms with E-state index in [4.69, 9.17) is 5.73 Å². The fourth-order valence-corrected chi connectivity index (χ4v) is 1.58. The zero-order chi connectivity index (χ0) is 13.1. The minimum absolute atomic E-state index is 0.168. The molecule has 3 N–H and O–H groups in total. The number of nitrogens with zero attached hydrogens (tertiary/aromatic N) is 2. The predicted octanol–water partition coefficient (Wildman–Crippen LogP) is 1.65. The lowest BCUT2D eigenvalue weighted by Gasteiger charge is -2.17. The van der Waals surface area contributed by atoms with Gasteiger partial charge in [-0.15, -0.1) is 0 Å².